The monoisotopic (exact) mass is 276 g/mol. The molecule has 0 saturated heterocycles. The van der Waals surface area contributed by atoms with Gasteiger partial charge in [-0.1, -0.05) is 24.3 Å². The van der Waals surface area contributed by atoms with Crippen molar-refractivity contribution in [2.45, 2.75) is 0 Å². The van der Waals surface area contributed by atoms with Crippen LogP contribution in [0.25, 0.3) is 11.1 Å². The van der Waals surface area contributed by atoms with Crippen LogP contribution in [0.5, 0.6) is 17.2 Å². The van der Waals surface area contributed by atoms with Crippen molar-refractivity contribution in [2.24, 2.45) is 0 Å². The summed E-state index contributed by atoms with van der Waals surface area (Å²) in [5.74, 6) is 1.94. The van der Waals surface area contributed by atoms with Gasteiger partial charge in [0.05, 0.1) is 21.3 Å². The van der Waals surface area contributed by atoms with E-state index in [4.69, 9.17) is 14.2 Å². The predicted molar refractivity (Wildman–Crippen MR) is 80.9 cm³/mol. The van der Waals surface area contributed by atoms with Crippen molar-refractivity contribution in [3.8, 4) is 28.4 Å². The quantitative estimate of drug-likeness (QED) is 0.804. The van der Waals surface area contributed by atoms with Crippen LogP contribution in [-0.2, 0) is 0 Å². The van der Waals surface area contributed by atoms with Gasteiger partial charge in [0, 0.05) is 5.56 Å². The highest BCUT2D eigenvalue weighted by molar-refractivity contribution is 7.28. The van der Waals surface area contributed by atoms with E-state index >= 15 is 0 Å². The Morgan fingerprint density at radius 2 is 1.42 bits per heavy atom. The zero-order valence-electron chi connectivity index (χ0n) is 11.3. The molecule has 0 radical (unpaired) electrons. The highest BCUT2D eigenvalue weighted by Gasteiger charge is 2.17. The average Bonchev–Trinajstić information content (AvgIpc) is 2.46. The smallest absolute Gasteiger partial charge is 0.203 e. The van der Waals surface area contributed by atoms with E-state index in [2.05, 4.69) is 9.24 Å². The minimum absolute atomic E-state index is 0.607. The van der Waals surface area contributed by atoms with Gasteiger partial charge in [0.1, 0.15) is 0 Å². The lowest BCUT2D eigenvalue weighted by molar-refractivity contribution is 0.325. The molecular formula is C15H17O3P. The first-order valence-corrected chi connectivity index (χ1v) is 6.44. The van der Waals surface area contributed by atoms with Crippen LogP contribution in [0.4, 0.5) is 0 Å². The molecule has 19 heavy (non-hydrogen) atoms. The maximum absolute atomic E-state index is 5.51. The second kappa shape index (κ2) is 5.94. The SMILES string of the molecule is COc1ccc(-c2ccccc2P)c(OC)c1OC. The summed E-state index contributed by atoms with van der Waals surface area (Å²) in [6, 6.07) is 11.9. The first-order chi connectivity index (χ1) is 9.22. The van der Waals surface area contributed by atoms with Crippen molar-refractivity contribution in [3.63, 3.8) is 0 Å². The molecule has 0 aliphatic carbocycles. The second-order valence-corrected chi connectivity index (χ2v) is 4.59. The lowest BCUT2D eigenvalue weighted by atomic mass is 10.0. The Morgan fingerprint density at radius 3 is 2.00 bits per heavy atom. The van der Waals surface area contributed by atoms with Gasteiger partial charge in [-0.15, -0.1) is 9.24 Å². The van der Waals surface area contributed by atoms with E-state index in [1.807, 2.05) is 36.4 Å². The highest BCUT2D eigenvalue weighted by Crippen LogP contribution is 2.43. The Kier molecular flexibility index (Phi) is 4.28. The lowest BCUT2D eigenvalue weighted by Crippen LogP contribution is -2.01. The molecule has 0 aliphatic heterocycles. The third-order valence-electron chi connectivity index (χ3n) is 2.96. The van der Waals surface area contributed by atoms with Crippen molar-refractivity contribution < 1.29 is 14.2 Å². The summed E-state index contributed by atoms with van der Waals surface area (Å²) >= 11 is 0. The van der Waals surface area contributed by atoms with E-state index < -0.39 is 0 Å². The Morgan fingerprint density at radius 1 is 0.737 bits per heavy atom. The Labute approximate surface area is 115 Å². The fourth-order valence-electron chi connectivity index (χ4n) is 2.06. The van der Waals surface area contributed by atoms with E-state index in [9.17, 15) is 0 Å². The number of rotatable bonds is 4. The molecule has 1 atom stereocenters. The molecule has 0 fully saturated rings. The van der Waals surface area contributed by atoms with Crippen LogP contribution in [0.3, 0.4) is 0 Å². The number of methoxy groups -OCH3 is 3. The minimum Gasteiger partial charge on any atom is -0.493 e. The van der Waals surface area contributed by atoms with Gasteiger partial charge >= 0.3 is 0 Å². The molecule has 0 spiro atoms. The summed E-state index contributed by atoms with van der Waals surface area (Å²) < 4.78 is 16.2. The molecule has 100 valence electrons. The minimum atomic E-state index is 0.607. The van der Waals surface area contributed by atoms with Crippen LogP contribution in [-0.4, -0.2) is 21.3 Å². The van der Waals surface area contributed by atoms with Crippen LogP contribution in [0, 0.1) is 0 Å². The van der Waals surface area contributed by atoms with E-state index in [1.165, 1.54) is 0 Å². The second-order valence-electron chi connectivity index (χ2n) is 3.97. The van der Waals surface area contributed by atoms with E-state index in [0.717, 1.165) is 16.4 Å². The molecule has 0 aromatic heterocycles. The Hall–Kier alpha value is -1.73. The van der Waals surface area contributed by atoms with Gasteiger partial charge in [-0.3, -0.25) is 0 Å². The van der Waals surface area contributed by atoms with Crippen molar-refractivity contribution in [3.05, 3.63) is 36.4 Å². The largest absolute Gasteiger partial charge is 0.493 e. The van der Waals surface area contributed by atoms with Gasteiger partial charge in [0.25, 0.3) is 0 Å². The van der Waals surface area contributed by atoms with Crippen LogP contribution < -0.4 is 19.5 Å². The van der Waals surface area contributed by atoms with E-state index in [0.29, 0.717) is 17.2 Å². The van der Waals surface area contributed by atoms with Crippen LogP contribution in [0.2, 0.25) is 0 Å². The molecule has 0 heterocycles. The molecule has 0 amide bonds. The van der Waals surface area contributed by atoms with E-state index in [1.54, 1.807) is 21.3 Å². The normalized spacial score (nSPS) is 10.1. The third-order valence-corrected chi connectivity index (χ3v) is 3.46. The molecule has 0 aliphatic rings. The zero-order chi connectivity index (χ0) is 13.8. The summed E-state index contributed by atoms with van der Waals surface area (Å²) in [7, 11) is 7.58. The Balaban J connectivity index is 2.68. The number of hydrogen-bond donors (Lipinski definition) is 0. The molecule has 4 heteroatoms. The van der Waals surface area contributed by atoms with Gasteiger partial charge in [0.15, 0.2) is 11.5 Å². The standard InChI is InChI=1S/C15H17O3P/c1-16-12-9-8-11(14(17-2)15(12)18-3)10-6-4-5-7-13(10)19/h4-9H,19H2,1-3H3. The van der Waals surface area contributed by atoms with Crippen molar-refractivity contribution in [2.75, 3.05) is 21.3 Å². The molecule has 3 nitrogen and oxygen atoms in total. The Bertz CT molecular complexity index is 582. The summed E-state index contributed by atoms with van der Waals surface area (Å²) in [5, 5.41) is 1.10. The van der Waals surface area contributed by atoms with E-state index in [-0.39, 0.29) is 0 Å². The van der Waals surface area contributed by atoms with Gasteiger partial charge < -0.3 is 14.2 Å². The summed E-state index contributed by atoms with van der Waals surface area (Å²) in [5.41, 5.74) is 2.07. The zero-order valence-corrected chi connectivity index (χ0v) is 12.4. The van der Waals surface area contributed by atoms with Gasteiger partial charge in [-0.05, 0) is 23.0 Å². The molecule has 2 aromatic rings. The summed E-state index contributed by atoms with van der Waals surface area (Å²) in [6.45, 7) is 0. The predicted octanol–water partition coefficient (Wildman–Crippen LogP) is 2.88. The first kappa shape index (κ1) is 13.7. The number of benzene rings is 2. The molecule has 2 rings (SSSR count). The maximum Gasteiger partial charge on any atom is 0.203 e. The fourth-order valence-corrected chi connectivity index (χ4v) is 2.42. The molecule has 2 aromatic carbocycles. The van der Waals surface area contributed by atoms with Crippen LogP contribution >= 0.6 is 9.24 Å². The van der Waals surface area contributed by atoms with Crippen LogP contribution in [0.1, 0.15) is 0 Å². The molecule has 0 saturated carbocycles. The van der Waals surface area contributed by atoms with Crippen molar-refractivity contribution in [1.29, 1.82) is 0 Å². The molecular weight excluding hydrogens is 259 g/mol. The average molecular weight is 276 g/mol. The lowest BCUT2D eigenvalue weighted by Gasteiger charge is -2.16. The first-order valence-electron chi connectivity index (χ1n) is 5.86. The van der Waals surface area contributed by atoms with Gasteiger partial charge in [0.2, 0.25) is 5.75 Å². The third kappa shape index (κ3) is 2.52. The summed E-state index contributed by atoms with van der Waals surface area (Å²) in [4.78, 5) is 0. The highest BCUT2D eigenvalue weighted by atomic mass is 31.0. The van der Waals surface area contributed by atoms with Gasteiger partial charge in [-0.25, -0.2) is 0 Å². The maximum atomic E-state index is 5.51. The van der Waals surface area contributed by atoms with Gasteiger partial charge in [-0.2, -0.15) is 0 Å². The topological polar surface area (TPSA) is 27.7 Å². The van der Waals surface area contributed by atoms with Crippen LogP contribution in [0.15, 0.2) is 36.4 Å². The number of hydrogen-bond acceptors (Lipinski definition) is 3. The molecule has 0 N–H and O–H groups in total. The summed E-state index contributed by atoms with van der Waals surface area (Å²) in [6.07, 6.45) is 0. The van der Waals surface area contributed by atoms with Crippen molar-refractivity contribution in [1.82, 2.24) is 0 Å². The number of ether oxygens (including phenoxy) is 3. The molecule has 0 bridgehead atoms. The van der Waals surface area contributed by atoms with Crippen molar-refractivity contribution >= 4 is 14.5 Å². The fraction of sp³-hybridized carbons (Fsp3) is 0.200. The molecule has 1 unspecified atom stereocenters.